The van der Waals surface area contributed by atoms with Gasteiger partial charge in [-0.1, -0.05) is 0 Å². The molecule has 0 spiro atoms. The summed E-state index contributed by atoms with van der Waals surface area (Å²) in [6.07, 6.45) is -3.65. The average molecular weight is 590 g/mol. The SMILES string of the molecule is COc1ccc(-c2nc3c(C(=O)N4CCN([C@H](CO)c5ccc(C(=O)O)s5)CC4)cnn3c(C(F)(F)F)c2C)cc1. The number of hydrogen-bond acceptors (Lipinski definition) is 8. The highest BCUT2D eigenvalue weighted by molar-refractivity contribution is 7.14. The first-order valence-electron chi connectivity index (χ1n) is 12.6. The van der Waals surface area contributed by atoms with E-state index in [1.807, 2.05) is 4.90 Å². The molecule has 10 nitrogen and oxygen atoms in total. The number of carbonyl (C=O) groups excluding carboxylic acids is 1. The molecule has 0 radical (unpaired) electrons. The fourth-order valence-electron chi connectivity index (χ4n) is 5.03. The first kappa shape index (κ1) is 28.5. The Morgan fingerprint density at radius 2 is 1.78 bits per heavy atom. The Labute approximate surface area is 236 Å². The van der Waals surface area contributed by atoms with Gasteiger partial charge in [-0.25, -0.2) is 14.3 Å². The number of thiophene rings is 1. The lowest BCUT2D eigenvalue weighted by Crippen LogP contribution is -2.50. The van der Waals surface area contributed by atoms with Crippen molar-refractivity contribution in [3.8, 4) is 17.0 Å². The van der Waals surface area contributed by atoms with Crippen molar-refractivity contribution in [2.75, 3.05) is 39.9 Å². The van der Waals surface area contributed by atoms with Gasteiger partial charge in [-0.05, 0) is 43.3 Å². The molecule has 4 heterocycles. The van der Waals surface area contributed by atoms with Crippen molar-refractivity contribution in [3.63, 3.8) is 0 Å². The maximum absolute atomic E-state index is 14.2. The molecule has 1 aromatic carbocycles. The molecule has 1 amide bonds. The molecule has 41 heavy (non-hydrogen) atoms. The Balaban J connectivity index is 1.43. The van der Waals surface area contributed by atoms with Gasteiger partial charge in [-0.3, -0.25) is 9.69 Å². The van der Waals surface area contributed by atoms with Gasteiger partial charge in [0.2, 0.25) is 0 Å². The van der Waals surface area contributed by atoms with Crippen molar-refractivity contribution in [2.24, 2.45) is 0 Å². The molecule has 1 aliphatic heterocycles. The van der Waals surface area contributed by atoms with E-state index in [1.165, 1.54) is 25.0 Å². The normalized spacial score (nSPS) is 15.3. The van der Waals surface area contributed by atoms with Gasteiger partial charge in [0, 0.05) is 42.2 Å². The first-order chi connectivity index (χ1) is 19.5. The Morgan fingerprint density at radius 3 is 2.34 bits per heavy atom. The van der Waals surface area contributed by atoms with E-state index in [1.54, 1.807) is 30.3 Å². The number of hydrogen-bond donors (Lipinski definition) is 2. The molecular weight excluding hydrogens is 563 g/mol. The van der Waals surface area contributed by atoms with Crippen LogP contribution >= 0.6 is 11.3 Å². The van der Waals surface area contributed by atoms with E-state index in [2.05, 4.69) is 10.1 Å². The Kier molecular flexibility index (Phi) is 7.72. The number of carboxylic acids is 1. The number of carboxylic acid groups (broad SMARTS) is 1. The molecule has 3 aromatic heterocycles. The van der Waals surface area contributed by atoms with Crippen LogP contribution in [-0.2, 0) is 6.18 Å². The number of carbonyl (C=O) groups is 2. The van der Waals surface area contributed by atoms with Crippen LogP contribution in [0.1, 0.15) is 42.2 Å². The van der Waals surface area contributed by atoms with Crippen molar-refractivity contribution in [2.45, 2.75) is 19.1 Å². The molecular formula is C27H26F3N5O5S. The number of aliphatic hydroxyl groups excluding tert-OH is 1. The highest BCUT2D eigenvalue weighted by Gasteiger charge is 2.39. The fourth-order valence-corrected chi connectivity index (χ4v) is 6.00. The van der Waals surface area contributed by atoms with E-state index < -0.39 is 29.8 Å². The number of alkyl halides is 3. The van der Waals surface area contributed by atoms with E-state index in [4.69, 9.17) is 4.74 Å². The Hall–Kier alpha value is -4.01. The molecule has 4 aromatic rings. The predicted octanol–water partition coefficient (Wildman–Crippen LogP) is 3.98. The fraction of sp³-hybridized carbons (Fsp3) is 0.333. The van der Waals surface area contributed by atoms with Crippen LogP contribution in [0.3, 0.4) is 0 Å². The Morgan fingerprint density at radius 1 is 1.10 bits per heavy atom. The molecule has 1 aliphatic rings. The lowest BCUT2D eigenvalue weighted by atomic mass is 10.0. The van der Waals surface area contributed by atoms with Gasteiger partial charge >= 0.3 is 12.1 Å². The highest BCUT2D eigenvalue weighted by atomic mass is 32.1. The lowest BCUT2D eigenvalue weighted by Gasteiger charge is -2.38. The van der Waals surface area contributed by atoms with Gasteiger partial charge in [0.25, 0.3) is 5.91 Å². The van der Waals surface area contributed by atoms with E-state index >= 15 is 0 Å². The van der Waals surface area contributed by atoms with Crippen LogP contribution in [0.4, 0.5) is 13.2 Å². The number of methoxy groups -OCH3 is 1. The van der Waals surface area contributed by atoms with Gasteiger partial charge in [0.1, 0.15) is 16.2 Å². The number of benzene rings is 1. The molecule has 14 heteroatoms. The average Bonchev–Trinajstić information content (AvgIpc) is 3.60. The van der Waals surface area contributed by atoms with Crippen LogP contribution in [0.5, 0.6) is 5.75 Å². The second-order valence-corrected chi connectivity index (χ2v) is 10.6. The number of aromatic carboxylic acids is 1. The second-order valence-electron chi connectivity index (χ2n) is 9.49. The zero-order valence-electron chi connectivity index (χ0n) is 22.1. The van der Waals surface area contributed by atoms with Crippen molar-refractivity contribution in [1.29, 1.82) is 0 Å². The van der Waals surface area contributed by atoms with Crippen LogP contribution in [0, 0.1) is 6.92 Å². The molecule has 0 unspecified atom stereocenters. The maximum atomic E-state index is 14.2. The standard InChI is InChI=1S/C27H26F3N5O5S/c1-15-22(16-3-5-17(40-2)6-4-16)32-24-18(13-31-35(24)23(15)27(28,29)30)25(37)34-11-9-33(10-12-34)19(14-36)20-7-8-21(41-20)26(38)39/h3-8,13,19,36H,9-12,14H2,1-2H3,(H,38,39)/t19-/m1/s1. The van der Waals surface area contributed by atoms with E-state index in [0.717, 1.165) is 17.5 Å². The quantitative estimate of drug-likeness (QED) is 0.332. The van der Waals surface area contributed by atoms with Gasteiger partial charge in [0.15, 0.2) is 11.3 Å². The zero-order valence-corrected chi connectivity index (χ0v) is 22.9. The minimum atomic E-state index is -4.76. The third-order valence-electron chi connectivity index (χ3n) is 7.13. The summed E-state index contributed by atoms with van der Waals surface area (Å²) < 4.78 is 48.5. The van der Waals surface area contributed by atoms with Crippen LogP contribution in [0.25, 0.3) is 16.9 Å². The van der Waals surface area contributed by atoms with Gasteiger partial charge in [-0.15, -0.1) is 11.3 Å². The van der Waals surface area contributed by atoms with Crippen LogP contribution in [-0.4, -0.2) is 86.4 Å². The Bertz CT molecular complexity index is 1590. The molecule has 0 saturated carbocycles. The molecule has 216 valence electrons. The van der Waals surface area contributed by atoms with Gasteiger partial charge in [0.05, 0.1) is 31.6 Å². The summed E-state index contributed by atoms with van der Waals surface area (Å²) in [7, 11) is 1.48. The van der Waals surface area contributed by atoms with Crippen molar-refractivity contribution < 1.29 is 37.7 Å². The first-order valence-corrected chi connectivity index (χ1v) is 13.4. The monoisotopic (exact) mass is 589 g/mol. The minimum absolute atomic E-state index is 0.0539. The number of amides is 1. The molecule has 5 rings (SSSR count). The summed E-state index contributed by atoms with van der Waals surface area (Å²) in [5.41, 5.74) is -0.885. The number of piperazine rings is 1. The van der Waals surface area contributed by atoms with Crippen LogP contribution < -0.4 is 4.74 Å². The minimum Gasteiger partial charge on any atom is -0.497 e. The van der Waals surface area contributed by atoms with E-state index in [9.17, 15) is 33.0 Å². The summed E-state index contributed by atoms with van der Waals surface area (Å²) in [6, 6.07) is 9.16. The summed E-state index contributed by atoms with van der Waals surface area (Å²) in [4.78, 5) is 33.6. The molecule has 2 N–H and O–H groups in total. The number of aromatic nitrogens is 3. The number of rotatable bonds is 7. The number of nitrogens with zero attached hydrogens (tertiary/aromatic N) is 5. The topological polar surface area (TPSA) is 120 Å². The third kappa shape index (κ3) is 5.37. The summed E-state index contributed by atoms with van der Waals surface area (Å²) in [5.74, 6) is -1.02. The van der Waals surface area contributed by atoms with E-state index in [-0.39, 0.29) is 47.0 Å². The maximum Gasteiger partial charge on any atom is 0.433 e. The third-order valence-corrected chi connectivity index (χ3v) is 8.30. The predicted molar refractivity (Wildman–Crippen MR) is 143 cm³/mol. The van der Waals surface area contributed by atoms with Crippen LogP contribution in [0.2, 0.25) is 0 Å². The van der Waals surface area contributed by atoms with Crippen molar-refractivity contribution in [3.05, 3.63) is 69.2 Å². The summed E-state index contributed by atoms with van der Waals surface area (Å²) >= 11 is 1.08. The number of ether oxygens (including phenoxy) is 1. The molecule has 0 aliphatic carbocycles. The number of aliphatic hydroxyl groups is 1. The molecule has 0 bridgehead atoms. The highest BCUT2D eigenvalue weighted by Crippen LogP contribution is 2.37. The van der Waals surface area contributed by atoms with Crippen molar-refractivity contribution >= 4 is 28.9 Å². The molecule has 1 fully saturated rings. The summed E-state index contributed by atoms with van der Waals surface area (Å²) in [6.45, 7) is 2.31. The van der Waals surface area contributed by atoms with Gasteiger partial charge in [-0.2, -0.15) is 18.3 Å². The zero-order chi connectivity index (χ0) is 29.5. The number of halogens is 3. The lowest BCUT2D eigenvalue weighted by molar-refractivity contribution is -0.143. The molecule has 1 saturated heterocycles. The summed E-state index contributed by atoms with van der Waals surface area (Å²) in [5, 5.41) is 23.1. The van der Waals surface area contributed by atoms with Gasteiger partial charge < -0.3 is 19.8 Å². The van der Waals surface area contributed by atoms with Crippen molar-refractivity contribution in [1.82, 2.24) is 24.4 Å². The smallest absolute Gasteiger partial charge is 0.433 e. The van der Waals surface area contributed by atoms with Crippen LogP contribution in [0.15, 0.2) is 42.6 Å². The van der Waals surface area contributed by atoms with E-state index in [0.29, 0.717) is 33.8 Å². The largest absolute Gasteiger partial charge is 0.497 e. The number of fused-ring (bicyclic) bond motifs is 1. The molecule has 1 atom stereocenters. The second kappa shape index (κ2) is 11.1.